The zero-order valence-electron chi connectivity index (χ0n) is 15.6. The van der Waals surface area contributed by atoms with Crippen molar-refractivity contribution in [2.75, 3.05) is 51.0 Å². The summed E-state index contributed by atoms with van der Waals surface area (Å²) in [6, 6.07) is 3.74. The Kier molecular flexibility index (Phi) is 6.06. The first kappa shape index (κ1) is 18.2. The molecule has 2 aromatic rings. The Morgan fingerprint density at radius 2 is 2.08 bits per heavy atom. The van der Waals surface area contributed by atoms with Gasteiger partial charge >= 0.3 is 0 Å². The van der Waals surface area contributed by atoms with Crippen molar-refractivity contribution in [2.24, 2.45) is 0 Å². The number of aryl methyl sites for hydroxylation is 1. The van der Waals surface area contributed by atoms with E-state index in [1.807, 2.05) is 26.1 Å². The summed E-state index contributed by atoms with van der Waals surface area (Å²) in [6.07, 6.45) is 3.96. The van der Waals surface area contributed by atoms with Crippen molar-refractivity contribution in [3.8, 4) is 11.6 Å². The van der Waals surface area contributed by atoms with Crippen molar-refractivity contribution in [3.05, 3.63) is 24.0 Å². The van der Waals surface area contributed by atoms with Gasteiger partial charge in [0.05, 0.1) is 25.6 Å². The second kappa shape index (κ2) is 8.66. The van der Waals surface area contributed by atoms with Crippen LogP contribution in [0.15, 0.2) is 18.3 Å². The number of nitrogens with zero attached hydrogens (tertiary/aromatic N) is 4. The van der Waals surface area contributed by atoms with Gasteiger partial charge in [-0.1, -0.05) is 0 Å². The minimum absolute atomic E-state index is 0.473. The lowest BCUT2D eigenvalue weighted by Gasteiger charge is -2.30. The Bertz CT molecular complexity index is 736. The predicted molar refractivity (Wildman–Crippen MR) is 102 cm³/mol. The average molecular weight is 358 g/mol. The lowest BCUT2D eigenvalue weighted by Crippen LogP contribution is -2.38. The predicted octanol–water partition coefficient (Wildman–Crippen LogP) is 2.45. The summed E-state index contributed by atoms with van der Waals surface area (Å²) in [5.41, 5.74) is 1.62. The highest BCUT2D eigenvalue weighted by atomic mass is 16.5. The normalized spacial score (nSPS) is 13.8. The Hall–Kier alpha value is -2.61. The molecular formula is C18H26N6O2. The molecule has 8 heteroatoms. The molecule has 1 aliphatic rings. The molecule has 0 radical (unpaired) electrons. The highest BCUT2D eigenvalue weighted by molar-refractivity contribution is 5.58. The molecule has 1 fully saturated rings. The molecule has 0 unspecified atom stereocenters. The number of nitrogens with one attached hydrogen (secondary N) is 2. The van der Waals surface area contributed by atoms with Crippen LogP contribution in [0.3, 0.4) is 0 Å². The van der Waals surface area contributed by atoms with Gasteiger partial charge in [0.1, 0.15) is 5.82 Å². The van der Waals surface area contributed by atoms with E-state index in [1.54, 1.807) is 13.3 Å². The molecule has 0 bridgehead atoms. The molecule has 3 heterocycles. The summed E-state index contributed by atoms with van der Waals surface area (Å²) in [4.78, 5) is 15.5. The van der Waals surface area contributed by atoms with Crippen LogP contribution in [0.5, 0.6) is 11.6 Å². The molecule has 0 aliphatic carbocycles. The van der Waals surface area contributed by atoms with Crippen LogP contribution in [0.1, 0.15) is 18.5 Å². The Labute approximate surface area is 154 Å². The Morgan fingerprint density at radius 1 is 1.23 bits per heavy atom. The first-order valence-electron chi connectivity index (χ1n) is 8.87. The fraction of sp³-hybridized carbons (Fsp3) is 0.500. The first-order chi connectivity index (χ1) is 12.7. The van der Waals surface area contributed by atoms with Gasteiger partial charge in [-0.05, 0) is 32.9 Å². The molecule has 140 valence electrons. The van der Waals surface area contributed by atoms with E-state index in [2.05, 4.69) is 30.5 Å². The molecule has 0 amide bonds. The molecule has 3 rings (SSSR count). The maximum absolute atomic E-state index is 5.89. The number of hydrogen-bond acceptors (Lipinski definition) is 8. The minimum Gasteiger partial charge on any atom is -0.488 e. The third-order valence-electron chi connectivity index (χ3n) is 4.20. The minimum atomic E-state index is 0.473. The fourth-order valence-electron chi connectivity index (χ4n) is 2.71. The zero-order chi connectivity index (χ0) is 18.4. The van der Waals surface area contributed by atoms with Crippen LogP contribution in [-0.4, -0.2) is 60.3 Å². The van der Waals surface area contributed by atoms with Gasteiger partial charge in [-0.2, -0.15) is 4.98 Å². The van der Waals surface area contributed by atoms with E-state index in [0.717, 1.165) is 30.2 Å². The molecule has 8 nitrogen and oxygen atoms in total. The lowest BCUT2D eigenvalue weighted by molar-refractivity contribution is 0.164. The number of pyridine rings is 1. The van der Waals surface area contributed by atoms with Gasteiger partial charge in [0, 0.05) is 31.4 Å². The monoisotopic (exact) mass is 358 g/mol. The Morgan fingerprint density at radius 3 is 2.77 bits per heavy atom. The summed E-state index contributed by atoms with van der Waals surface area (Å²) in [6.45, 7) is 6.03. The average Bonchev–Trinajstić information content (AvgIpc) is 2.59. The number of likely N-dealkylation sites (tertiary alicyclic amines) is 1. The van der Waals surface area contributed by atoms with Crippen LogP contribution in [0.2, 0.25) is 0 Å². The number of anilines is 3. The van der Waals surface area contributed by atoms with E-state index in [4.69, 9.17) is 9.47 Å². The van der Waals surface area contributed by atoms with Gasteiger partial charge in [-0.15, -0.1) is 0 Å². The van der Waals surface area contributed by atoms with Crippen LogP contribution in [0.25, 0.3) is 0 Å². The summed E-state index contributed by atoms with van der Waals surface area (Å²) in [5.74, 6) is 2.34. The van der Waals surface area contributed by atoms with E-state index in [9.17, 15) is 0 Å². The molecule has 0 aromatic carbocycles. The highest BCUT2D eigenvalue weighted by Gasteiger charge is 2.13. The summed E-state index contributed by atoms with van der Waals surface area (Å²) in [5, 5.41) is 6.19. The van der Waals surface area contributed by atoms with E-state index in [0.29, 0.717) is 24.2 Å². The molecule has 2 aromatic heterocycles. The van der Waals surface area contributed by atoms with E-state index < -0.39 is 0 Å². The summed E-state index contributed by atoms with van der Waals surface area (Å²) >= 11 is 0. The zero-order valence-corrected chi connectivity index (χ0v) is 15.6. The molecule has 0 atom stereocenters. The number of rotatable bonds is 9. The van der Waals surface area contributed by atoms with Crippen molar-refractivity contribution in [1.29, 1.82) is 0 Å². The van der Waals surface area contributed by atoms with Gasteiger partial charge in [-0.3, -0.25) is 0 Å². The van der Waals surface area contributed by atoms with Crippen molar-refractivity contribution < 1.29 is 9.47 Å². The molecular weight excluding hydrogens is 332 g/mol. The van der Waals surface area contributed by atoms with Gasteiger partial charge in [-0.25, -0.2) is 9.97 Å². The third-order valence-corrected chi connectivity index (χ3v) is 4.20. The van der Waals surface area contributed by atoms with E-state index in [-0.39, 0.29) is 0 Å². The maximum Gasteiger partial charge on any atom is 0.256 e. The quantitative estimate of drug-likeness (QED) is 0.661. The molecule has 0 spiro atoms. The third kappa shape index (κ3) is 4.72. The van der Waals surface area contributed by atoms with Gasteiger partial charge in [0.2, 0.25) is 5.95 Å². The topological polar surface area (TPSA) is 84.4 Å². The largest absolute Gasteiger partial charge is 0.488 e. The van der Waals surface area contributed by atoms with Crippen molar-refractivity contribution >= 4 is 17.5 Å². The van der Waals surface area contributed by atoms with Gasteiger partial charge < -0.3 is 25.0 Å². The van der Waals surface area contributed by atoms with Gasteiger partial charge in [0.25, 0.3) is 5.88 Å². The molecule has 1 saturated heterocycles. The van der Waals surface area contributed by atoms with Crippen molar-refractivity contribution in [3.63, 3.8) is 0 Å². The van der Waals surface area contributed by atoms with Gasteiger partial charge in [0.15, 0.2) is 5.75 Å². The van der Waals surface area contributed by atoms with Crippen molar-refractivity contribution in [1.82, 2.24) is 19.9 Å². The number of ether oxygens (including phenoxy) is 2. The van der Waals surface area contributed by atoms with Crippen LogP contribution in [-0.2, 0) is 0 Å². The number of methoxy groups -OCH3 is 1. The number of aromatic nitrogens is 3. The second-order valence-electron chi connectivity index (χ2n) is 6.22. The second-order valence-corrected chi connectivity index (χ2v) is 6.22. The first-order valence-corrected chi connectivity index (χ1v) is 8.87. The van der Waals surface area contributed by atoms with Crippen LogP contribution in [0, 0.1) is 6.92 Å². The maximum atomic E-state index is 5.89. The molecule has 0 saturated carbocycles. The smallest absolute Gasteiger partial charge is 0.256 e. The standard InChI is InChI=1S/C18H26N6O2/c1-13-10-16(19-2)23-18(21-13)22-14-11-15(17(25-3)20-12-14)26-9-5-8-24-6-4-7-24/h10-12H,4-9H2,1-3H3,(H2,19,21,22,23). The SMILES string of the molecule is CNc1cc(C)nc(Nc2cnc(OC)c(OCCCN3CCC3)c2)n1. The highest BCUT2D eigenvalue weighted by Crippen LogP contribution is 2.28. The van der Waals surface area contributed by atoms with Crippen molar-refractivity contribution in [2.45, 2.75) is 19.8 Å². The number of hydrogen-bond donors (Lipinski definition) is 2. The Balaban J connectivity index is 1.64. The lowest BCUT2D eigenvalue weighted by atomic mass is 10.2. The summed E-state index contributed by atoms with van der Waals surface area (Å²) in [7, 11) is 3.41. The molecule has 1 aliphatic heterocycles. The van der Waals surface area contributed by atoms with E-state index in [1.165, 1.54) is 19.5 Å². The van der Waals surface area contributed by atoms with Crippen LogP contribution < -0.4 is 20.1 Å². The van der Waals surface area contributed by atoms with E-state index >= 15 is 0 Å². The van der Waals surface area contributed by atoms with Crippen LogP contribution >= 0.6 is 0 Å². The molecule has 26 heavy (non-hydrogen) atoms. The van der Waals surface area contributed by atoms with Crippen LogP contribution in [0.4, 0.5) is 17.5 Å². The molecule has 2 N–H and O–H groups in total. The fourth-order valence-corrected chi connectivity index (χ4v) is 2.71. The summed E-state index contributed by atoms with van der Waals surface area (Å²) < 4.78 is 11.2.